The lowest BCUT2D eigenvalue weighted by Crippen LogP contribution is -2.43. The van der Waals surface area contributed by atoms with Crippen molar-refractivity contribution in [2.75, 3.05) is 36.4 Å². The Bertz CT molecular complexity index is 1340. The summed E-state index contributed by atoms with van der Waals surface area (Å²) in [5.41, 5.74) is 2.90. The lowest BCUT2D eigenvalue weighted by Gasteiger charge is -2.28. The van der Waals surface area contributed by atoms with Crippen molar-refractivity contribution < 1.29 is 4.84 Å². The van der Waals surface area contributed by atoms with E-state index in [2.05, 4.69) is 35.6 Å². The number of rotatable bonds is 7. The third-order valence-electron chi connectivity index (χ3n) is 7.14. The highest BCUT2D eigenvalue weighted by Crippen LogP contribution is 2.33. The average Bonchev–Trinajstić information content (AvgIpc) is 3.43. The van der Waals surface area contributed by atoms with Crippen LogP contribution in [0.2, 0.25) is 0 Å². The number of aryl methyl sites for hydroxylation is 1. The summed E-state index contributed by atoms with van der Waals surface area (Å²) >= 11 is 0. The van der Waals surface area contributed by atoms with Gasteiger partial charge in [0.1, 0.15) is 23.6 Å². The first kappa shape index (κ1) is 25.1. The molecular formula is C27H36N8O2. The molecule has 2 N–H and O–H groups in total. The number of hydrogen-bond acceptors (Lipinski definition) is 9. The Hall–Kier alpha value is -3.53. The molecule has 2 aliphatic rings. The Morgan fingerprint density at radius 3 is 2.51 bits per heavy atom. The zero-order valence-electron chi connectivity index (χ0n) is 22.1. The van der Waals surface area contributed by atoms with Gasteiger partial charge in [-0.05, 0) is 46.1 Å². The number of nitrogens with one attached hydrogen (secondary N) is 2. The van der Waals surface area contributed by atoms with E-state index in [1.54, 1.807) is 12.4 Å². The lowest BCUT2D eigenvalue weighted by atomic mass is 10.0. The smallest absolute Gasteiger partial charge is 0.260 e. The number of aromatic nitrogens is 4. The predicted octanol–water partition coefficient (Wildman–Crippen LogP) is 3.91. The molecule has 10 heteroatoms. The van der Waals surface area contributed by atoms with Gasteiger partial charge in [-0.25, -0.2) is 15.0 Å². The minimum atomic E-state index is -0.0582. The average molecular weight is 505 g/mol. The van der Waals surface area contributed by atoms with Crippen LogP contribution in [0.1, 0.15) is 63.6 Å². The molecule has 0 aromatic carbocycles. The molecule has 1 aliphatic heterocycles. The lowest BCUT2D eigenvalue weighted by molar-refractivity contribution is 0.0860. The maximum absolute atomic E-state index is 13.9. The topological polar surface area (TPSA) is 110 Å². The number of anilines is 3. The van der Waals surface area contributed by atoms with Crippen molar-refractivity contribution in [3.8, 4) is 0 Å². The SMILES string of the molecule is C/C(=N/OC(C)C)c1c(C)c2cnc(Nc3cnc(N4CCNCC4)cn3)cc2n(C2CCCC2)c1=O. The van der Waals surface area contributed by atoms with Gasteiger partial charge in [-0.2, -0.15) is 0 Å². The van der Waals surface area contributed by atoms with Gasteiger partial charge >= 0.3 is 0 Å². The van der Waals surface area contributed by atoms with Gasteiger partial charge < -0.3 is 24.9 Å². The fourth-order valence-electron chi connectivity index (χ4n) is 5.28. The van der Waals surface area contributed by atoms with Gasteiger partial charge in [-0.15, -0.1) is 0 Å². The van der Waals surface area contributed by atoms with Gasteiger partial charge in [0.2, 0.25) is 0 Å². The van der Waals surface area contributed by atoms with Crippen LogP contribution in [0, 0.1) is 6.92 Å². The minimum Gasteiger partial charge on any atom is -0.393 e. The van der Waals surface area contributed by atoms with E-state index in [1.807, 2.05) is 44.5 Å². The molecule has 0 unspecified atom stereocenters. The molecule has 0 atom stereocenters. The molecule has 0 amide bonds. The number of nitrogens with zero attached hydrogens (tertiary/aromatic N) is 6. The second-order valence-electron chi connectivity index (χ2n) is 10.2. The molecule has 10 nitrogen and oxygen atoms in total. The monoisotopic (exact) mass is 504 g/mol. The molecule has 1 saturated carbocycles. The van der Waals surface area contributed by atoms with Crippen LogP contribution in [0.15, 0.2) is 34.6 Å². The molecule has 37 heavy (non-hydrogen) atoms. The van der Waals surface area contributed by atoms with Crippen molar-refractivity contribution >= 4 is 34.1 Å². The summed E-state index contributed by atoms with van der Waals surface area (Å²) in [5.74, 6) is 2.11. The van der Waals surface area contributed by atoms with Crippen molar-refractivity contribution in [2.45, 2.75) is 65.5 Å². The maximum atomic E-state index is 13.9. The second-order valence-corrected chi connectivity index (χ2v) is 10.2. The van der Waals surface area contributed by atoms with E-state index >= 15 is 0 Å². The zero-order valence-corrected chi connectivity index (χ0v) is 22.1. The number of pyridine rings is 2. The van der Waals surface area contributed by atoms with E-state index in [-0.39, 0.29) is 17.7 Å². The molecule has 0 radical (unpaired) electrons. The van der Waals surface area contributed by atoms with E-state index in [0.29, 0.717) is 22.9 Å². The Morgan fingerprint density at radius 2 is 1.84 bits per heavy atom. The zero-order chi connectivity index (χ0) is 25.9. The van der Waals surface area contributed by atoms with E-state index in [9.17, 15) is 4.79 Å². The number of oxime groups is 1. The summed E-state index contributed by atoms with van der Waals surface area (Å²) in [6, 6.07) is 2.11. The molecule has 3 aromatic rings. The molecule has 1 saturated heterocycles. The van der Waals surface area contributed by atoms with Crippen molar-refractivity contribution in [1.82, 2.24) is 24.8 Å². The van der Waals surface area contributed by atoms with Crippen molar-refractivity contribution in [2.24, 2.45) is 5.16 Å². The summed E-state index contributed by atoms with van der Waals surface area (Å²) < 4.78 is 1.95. The predicted molar refractivity (Wildman–Crippen MR) is 147 cm³/mol. The second kappa shape index (κ2) is 10.8. The molecule has 0 bridgehead atoms. The number of hydrogen-bond donors (Lipinski definition) is 2. The number of piperazine rings is 1. The van der Waals surface area contributed by atoms with Crippen LogP contribution in [-0.4, -0.2) is 57.5 Å². The van der Waals surface area contributed by atoms with Gasteiger partial charge in [-0.1, -0.05) is 18.0 Å². The molecule has 196 valence electrons. The van der Waals surface area contributed by atoms with Gasteiger partial charge in [0.15, 0.2) is 0 Å². The largest absolute Gasteiger partial charge is 0.393 e. The third-order valence-corrected chi connectivity index (χ3v) is 7.14. The Kier molecular flexibility index (Phi) is 7.36. The summed E-state index contributed by atoms with van der Waals surface area (Å²) in [7, 11) is 0. The molecule has 2 fully saturated rings. The first-order valence-electron chi connectivity index (χ1n) is 13.2. The minimum absolute atomic E-state index is 0.0252. The quantitative estimate of drug-likeness (QED) is 0.368. The molecule has 4 heterocycles. The van der Waals surface area contributed by atoms with Crippen LogP contribution >= 0.6 is 0 Å². The summed E-state index contributed by atoms with van der Waals surface area (Å²) in [4.78, 5) is 35.4. The Labute approximate surface area is 217 Å². The Balaban J connectivity index is 1.51. The summed E-state index contributed by atoms with van der Waals surface area (Å²) in [6.45, 7) is 11.4. The normalized spacial score (nSPS) is 17.1. The highest BCUT2D eigenvalue weighted by molar-refractivity contribution is 6.03. The van der Waals surface area contributed by atoms with Crippen molar-refractivity contribution in [1.29, 1.82) is 0 Å². The Morgan fingerprint density at radius 1 is 1.11 bits per heavy atom. The fraction of sp³-hybridized carbons (Fsp3) is 0.519. The van der Waals surface area contributed by atoms with E-state index in [0.717, 1.165) is 74.1 Å². The van der Waals surface area contributed by atoms with E-state index < -0.39 is 0 Å². The molecular weight excluding hydrogens is 468 g/mol. The fourth-order valence-corrected chi connectivity index (χ4v) is 5.28. The van der Waals surface area contributed by atoms with Crippen LogP contribution in [0.25, 0.3) is 10.9 Å². The maximum Gasteiger partial charge on any atom is 0.260 e. The highest BCUT2D eigenvalue weighted by Gasteiger charge is 2.25. The molecule has 0 spiro atoms. The van der Waals surface area contributed by atoms with Crippen LogP contribution in [0.5, 0.6) is 0 Å². The summed E-state index contributed by atoms with van der Waals surface area (Å²) in [6.07, 6.45) is 9.52. The first-order chi connectivity index (χ1) is 17.9. The van der Waals surface area contributed by atoms with E-state index in [1.165, 1.54) is 0 Å². The van der Waals surface area contributed by atoms with Crippen LogP contribution in [0.4, 0.5) is 17.5 Å². The number of fused-ring (bicyclic) bond motifs is 1. The van der Waals surface area contributed by atoms with Gasteiger partial charge in [0, 0.05) is 49.9 Å². The van der Waals surface area contributed by atoms with Crippen molar-refractivity contribution in [3.05, 3.63) is 46.1 Å². The van der Waals surface area contributed by atoms with E-state index in [4.69, 9.17) is 4.84 Å². The van der Waals surface area contributed by atoms with Gasteiger partial charge in [0.25, 0.3) is 5.56 Å². The molecule has 1 aliphatic carbocycles. The standard InChI is InChI=1S/C27H36N8O2/c1-17(2)37-33-19(4)26-18(3)21-14-29-23(13-22(21)35(27(26)36)20-7-5-6-8-20)32-24-15-31-25(16-30-24)34-11-9-28-10-12-34/h13-17,20,28H,5-12H2,1-4H3,(H,29,30,32)/b33-19-. The third kappa shape index (κ3) is 5.29. The van der Waals surface area contributed by atoms with Gasteiger partial charge in [-0.3, -0.25) is 4.79 Å². The van der Waals surface area contributed by atoms with Crippen molar-refractivity contribution in [3.63, 3.8) is 0 Å². The van der Waals surface area contributed by atoms with Crippen LogP contribution < -0.4 is 21.1 Å². The molecule has 3 aromatic heterocycles. The molecule has 5 rings (SSSR count). The first-order valence-corrected chi connectivity index (χ1v) is 13.2. The summed E-state index contributed by atoms with van der Waals surface area (Å²) in [5, 5.41) is 11.8. The highest BCUT2D eigenvalue weighted by atomic mass is 16.6. The van der Waals surface area contributed by atoms with Crippen LogP contribution in [-0.2, 0) is 4.84 Å². The van der Waals surface area contributed by atoms with Crippen LogP contribution in [0.3, 0.4) is 0 Å². The van der Waals surface area contributed by atoms with Gasteiger partial charge in [0.05, 0.1) is 29.2 Å².